The smallest absolute Gasteiger partial charge is 0.142 e. The number of benzene rings is 1. The van der Waals surface area contributed by atoms with Gasteiger partial charge in [-0.25, -0.2) is 9.97 Å². The normalized spacial score (nSPS) is 15.5. The molecule has 0 atom stereocenters. The summed E-state index contributed by atoms with van der Waals surface area (Å²) in [6, 6.07) is 9.88. The van der Waals surface area contributed by atoms with E-state index in [9.17, 15) is 0 Å². The van der Waals surface area contributed by atoms with Crippen LogP contribution >= 0.6 is 0 Å². The van der Waals surface area contributed by atoms with Crippen LogP contribution in [-0.4, -0.2) is 54.7 Å². The maximum Gasteiger partial charge on any atom is 0.142 e. The highest BCUT2D eigenvalue weighted by Gasteiger charge is 2.16. The summed E-state index contributed by atoms with van der Waals surface area (Å²) in [7, 11) is 2.15. The minimum Gasteiger partial charge on any atom is -0.492 e. The van der Waals surface area contributed by atoms with E-state index in [0.29, 0.717) is 6.61 Å². The number of nitrogens with one attached hydrogen (secondary N) is 1. The molecule has 1 aromatic carbocycles. The van der Waals surface area contributed by atoms with Gasteiger partial charge in [0.05, 0.1) is 12.3 Å². The molecule has 2 aromatic rings. The third kappa shape index (κ3) is 3.90. The number of rotatable bonds is 5. The Morgan fingerprint density at radius 3 is 2.70 bits per heavy atom. The van der Waals surface area contributed by atoms with Crippen LogP contribution in [0.25, 0.3) is 0 Å². The van der Waals surface area contributed by atoms with Crippen molar-refractivity contribution in [2.75, 3.05) is 50.1 Å². The van der Waals surface area contributed by atoms with Crippen molar-refractivity contribution >= 4 is 17.3 Å². The molecular weight excluding hydrogens is 290 g/mol. The largest absolute Gasteiger partial charge is 0.492 e. The molecule has 23 heavy (non-hydrogen) atoms. The summed E-state index contributed by atoms with van der Waals surface area (Å²) in [5.41, 5.74) is 0.914. The molecule has 0 spiro atoms. The Hall–Kier alpha value is -2.34. The van der Waals surface area contributed by atoms with Crippen LogP contribution in [0.15, 0.2) is 36.7 Å². The Kier molecular flexibility index (Phi) is 4.92. The summed E-state index contributed by atoms with van der Waals surface area (Å²) in [5, 5.41) is 3.33. The van der Waals surface area contributed by atoms with Crippen molar-refractivity contribution in [1.29, 1.82) is 0 Å². The molecule has 1 fully saturated rings. The minimum atomic E-state index is 0.634. The minimum absolute atomic E-state index is 0.634. The second-order valence-electron chi connectivity index (χ2n) is 5.61. The Morgan fingerprint density at radius 2 is 1.91 bits per heavy atom. The van der Waals surface area contributed by atoms with E-state index in [1.165, 1.54) is 0 Å². The van der Waals surface area contributed by atoms with Crippen LogP contribution < -0.4 is 15.0 Å². The summed E-state index contributed by atoms with van der Waals surface area (Å²) in [6.07, 6.45) is 1.61. The molecule has 1 aliphatic heterocycles. The SMILES string of the molecule is CCOc1ccccc1Nc1cc(N2CCN(C)CC2)ncn1. The van der Waals surface area contributed by atoms with Gasteiger partial charge in [-0.3, -0.25) is 0 Å². The average molecular weight is 313 g/mol. The molecule has 122 valence electrons. The topological polar surface area (TPSA) is 53.5 Å². The molecule has 6 heteroatoms. The first-order valence-corrected chi connectivity index (χ1v) is 8.00. The van der Waals surface area contributed by atoms with E-state index in [2.05, 4.69) is 32.1 Å². The zero-order valence-electron chi connectivity index (χ0n) is 13.7. The van der Waals surface area contributed by atoms with Gasteiger partial charge >= 0.3 is 0 Å². The fraction of sp³-hybridized carbons (Fsp3) is 0.412. The van der Waals surface area contributed by atoms with Crippen LogP contribution in [0.4, 0.5) is 17.3 Å². The number of anilines is 3. The van der Waals surface area contributed by atoms with Gasteiger partial charge in [0.25, 0.3) is 0 Å². The molecule has 6 nitrogen and oxygen atoms in total. The van der Waals surface area contributed by atoms with Crippen LogP contribution in [0.3, 0.4) is 0 Å². The Bertz CT molecular complexity index is 640. The number of ether oxygens (including phenoxy) is 1. The highest BCUT2D eigenvalue weighted by atomic mass is 16.5. The monoisotopic (exact) mass is 313 g/mol. The van der Waals surface area contributed by atoms with Crippen molar-refractivity contribution < 1.29 is 4.74 Å². The second-order valence-corrected chi connectivity index (χ2v) is 5.61. The van der Waals surface area contributed by atoms with Crippen molar-refractivity contribution in [3.05, 3.63) is 36.7 Å². The van der Waals surface area contributed by atoms with Gasteiger partial charge in [-0.15, -0.1) is 0 Å². The Morgan fingerprint density at radius 1 is 1.13 bits per heavy atom. The first kappa shape index (κ1) is 15.6. The predicted molar refractivity (Wildman–Crippen MR) is 92.6 cm³/mol. The molecular formula is C17H23N5O. The maximum absolute atomic E-state index is 5.65. The molecule has 1 aliphatic rings. The number of para-hydroxylation sites is 2. The highest BCUT2D eigenvalue weighted by molar-refractivity contribution is 5.65. The highest BCUT2D eigenvalue weighted by Crippen LogP contribution is 2.27. The van der Waals surface area contributed by atoms with Crippen molar-refractivity contribution in [1.82, 2.24) is 14.9 Å². The van der Waals surface area contributed by atoms with E-state index < -0.39 is 0 Å². The predicted octanol–water partition coefficient (Wildman–Crippen LogP) is 2.37. The molecule has 0 amide bonds. The third-order valence-electron chi connectivity index (χ3n) is 3.93. The number of nitrogens with zero attached hydrogens (tertiary/aromatic N) is 4. The van der Waals surface area contributed by atoms with E-state index >= 15 is 0 Å². The third-order valence-corrected chi connectivity index (χ3v) is 3.93. The first-order valence-electron chi connectivity index (χ1n) is 8.00. The van der Waals surface area contributed by atoms with Gasteiger partial charge in [0.1, 0.15) is 23.7 Å². The van der Waals surface area contributed by atoms with E-state index in [1.54, 1.807) is 6.33 Å². The van der Waals surface area contributed by atoms with Crippen molar-refractivity contribution in [2.45, 2.75) is 6.92 Å². The Balaban J connectivity index is 1.75. The van der Waals surface area contributed by atoms with Crippen molar-refractivity contribution in [2.24, 2.45) is 0 Å². The standard InChI is InChI=1S/C17H23N5O/c1-3-23-15-7-5-4-6-14(15)20-16-12-17(19-13-18-16)22-10-8-21(2)9-11-22/h4-7,12-13H,3,8-11H2,1-2H3,(H,18,19,20). The van der Waals surface area contributed by atoms with Crippen LogP contribution in [-0.2, 0) is 0 Å². The number of hydrogen-bond acceptors (Lipinski definition) is 6. The van der Waals surface area contributed by atoms with E-state index in [1.807, 2.05) is 37.3 Å². The molecule has 1 saturated heterocycles. The van der Waals surface area contributed by atoms with Crippen molar-refractivity contribution in [3.8, 4) is 5.75 Å². The van der Waals surface area contributed by atoms with E-state index in [4.69, 9.17) is 4.74 Å². The van der Waals surface area contributed by atoms with Gasteiger partial charge < -0.3 is 19.9 Å². The fourth-order valence-corrected chi connectivity index (χ4v) is 2.61. The van der Waals surface area contributed by atoms with Crippen LogP contribution in [0.2, 0.25) is 0 Å². The Labute approximate surface area is 137 Å². The van der Waals surface area contributed by atoms with Crippen molar-refractivity contribution in [3.63, 3.8) is 0 Å². The van der Waals surface area contributed by atoms with Crippen LogP contribution in [0, 0.1) is 0 Å². The number of piperazine rings is 1. The van der Waals surface area contributed by atoms with Gasteiger partial charge in [-0.2, -0.15) is 0 Å². The van der Waals surface area contributed by atoms with E-state index in [0.717, 1.165) is 49.3 Å². The second kappa shape index (κ2) is 7.28. The van der Waals surface area contributed by atoms with Gasteiger partial charge in [0.2, 0.25) is 0 Å². The summed E-state index contributed by atoms with van der Waals surface area (Å²) >= 11 is 0. The zero-order chi connectivity index (χ0) is 16.1. The fourth-order valence-electron chi connectivity index (χ4n) is 2.61. The molecule has 3 rings (SSSR count). The lowest BCUT2D eigenvalue weighted by atomic mass is 10.3. The average Bonchev–Trinajstić information content (AvgIpc) is 2.58. The molecule has 0 saturated carbocycles. The lowest BCUT2D eigenvalue weighted by Crippen LogP contribution is -2.44. The molecule has 0 bridgehead atoms. The molecule has 0 aliphatic carbocycles. The lowest BCUT2D eigenvalue weighted by molar-refractivity contribution is 0.312. The lowest BCUT2D eigenvalue weighted by Gasteiger charge is -2.33. The van der Waals surface area contributed by atoms with Gasteiger partial charge in [-0.05, 0) is 26.1 Å². The maximum atomic E-state index is 5.65. The summed E-state index contributed by atoms with van der Waals surface area (Å²) < 4.78 is 5.65. The van der Waals surface area contributed by atoms with Gasteiger partial charge in [-0.1, -0.05) is 12.1 Å². The quantitative estimate of drug-likeness (QED) is 0.914. The molecule has 1 aromatic heterocycles. The number of aromatic nitrogens is 2. The molecule has 0 radical (unpaired) electrons. The first-order chi connectivity index (χ1) is 11.3. The van der Waals surface area contributed by atoms with E-state index in [-0.39, 0.29) is 0 Å². The molecule has 2 heterocycles. The van der Waals surface area contributed by atoms with Crippen LogP contribution in [0.5, 0.6) is 5.75 Å². The molecule has 1 N–H and O–H groups in total. The van der Waals surface area contributed by atoms with Crippen LogP contribution in [0.1, 0.15) is 6.92 Å². The zero-order valence-corrected chi connectivity index (χ0v) is 13.7. The van der Waals surface area contributed by atoms with Gasteiger partial charge in [0.15, 0.2) is 0 Å². The number of likely N-dealkylation sites (N-methyl/N-ethyl adjacent to an activating group) is 1. The number of hydrogen-bond donors (Lipinski definition) is 1. The summed E-state index contributed by atoms with van der Waals surface area (Å²) in [6.45, 7) is 6.70. The summed E-state index contributed by atoms with van der Waals surface area (Å²) in [4.78, 5) is 13.4. The van der Waals surface area contributed by atoms with Gasteiger partial charge in [0, 0.05) is 32.2 Å². The molecule has 0 unspecified atom stereocenters. The summed E-state index contributed by atoms with van der Waals surface area (Å²) in [5.74, 6) is 2.57.